The Bertz CT molecular complexity index is 1530. The molecule has 5 aromatic rings. The summed E-state index contributed by atoms with van der Waals surface area (Å²) in [7, 11) is 0. The molecule has 0 bridgehead atoms. The van der Waals surface area contributed by atoms with Crippen molar-refractivity contribution in [1.82, 2.24) is 20.5 Å². The van der Waals surface area contributed by atoms with Gasteiger partial charge < -0.3 is 10.4 Å². The Balaban J connectivity index is 1.31. The van der Waals surface area contributed by atoms with E-state index in [0.29, 0.717) is 5.56 Å². The first-order valence-corrected chi connectivity index (χ1v) is 12.8. The molecular formula is C30H26N4O2S. The number of aliphatic hydroxyl groups excluding tert-OH is 1. The number of carbonyl (C=O) groups excluding carboxylic acids is 1. The molecule has 0 fully saturated rings. The number of benzene rings is 3. The highest BCUT2D eigenvalue weighted by Gasteiger charge is 2.20. The number of rotatable bonds is 8. The molecule has 2 atom stereocenters. The summed E-state index contributed by atoms with van der Waals surface area (Å²) in [6, 6.07) is 28.2. The van der Waals surface area contributed by atoms with Crippen LogP contribution in [0.2, 0.25) is 0 Å². The highest BCUT2D eigenvalue weighted by Crippen LogP contribution is 2.33. The van der Waals surface area contributed by atoms with Gasteiger partial charge in [-0.25, -0.2) is 0 Å². The largest absolute Gasteiger partial charge is 0.386 e. The zero-order valence-electron chi connectivity index (χ0n) is 20.2. The summed E-state index contributed by atoms with van der Waals surface area (Å²) >= 11 is 1.51. The van der Waals surface area contributed by atoms with Gasteiger partial charge in [0.2, 0.25) is 0 Å². The van der Waals surface area contributed by atoms with Crippen molar-refractivity contribution in [3.8, 4) is 0 Å². The van der Waals surface area contributed by atoms with E-state index in [1.165, 1.54) is 11.8 Å². The Kier molecular flexibility index (Phi) is 7.44. The lowest BCUT2D eigenvalue weighted by Crippen LogP contribution is -2.37. The number of nitrogens with one attached hydrogen (secondary N) is 2. The first-order chi connectivity index (χ1) is 18.1. The van der Waals surface area contributed by atoms with Crippen molar-refractivity contribution in [3.05, 3.63) is 120 Å². The molecule has 2 aromatic heterocycles. The van der Waals surface area contributed by atoms with E-state index in [1.54, 1.807) is 19.2 Å². The smallest absolute Gasteiger partial charge is 0.252 e. The van der Waals surface area contributed by atoms with Gasteiger partial charge in [-0.3, -0.25) is 14.9 Å². The molecule has 3 aromatic carbocycles. The van der Waals surface area contributed by atoms with E-state index >= 15 is 0 Å². The van der Waals surface area contributed by atoms with Gasteiger partial charge >= 0.3 is 0 Å². The van der Waals surface area contributed by atoms with Crippen LogP contribution >= 0.6 is 11.8 Å². The second kappa shape index (κ2) is 11.2. The van der Waals surface area contributed by atoms with Gasteiger partial charge in [-0.05, 0) is 67.1 Å². The fourth-order valence-corrected chi connectivity index (χ4v) is 5.01. The van der Waals surface area contributed by atoms with Crippen LogP contribution in [0.1, 0.15) is 40.3 Å². The summed E-state index contributed by atoms with van der Waals surface area (Å²) in [4.78, 5) is 19.3. The molecule has 0 unspecified atom stereocenters. The molecule has 0 aliphatic heterocycles. The number of nitrogens with zero attached hydrogens (tertiary/aromatic N) is 2. The number of amides is 1. The monoisotopic (exact) mass is 506 g/mol. The van der Waals surface area contributed by atoms with Crippen molar-refractivity contribution in [2.24, 2.45) is 0 Å². The Hall–Kier alpha value is -4.20. The van der Waals surface area contributed by atoms with E-state index in [9.17, 15) is 9.90 Å². The van der Waals surface area contributed by atoms with E-state index in [-0.39, 0.29) is 5.91 Å². The summed E-state index contributed by atoms with van der Waals surface area (Å²) in [5.41, 5.74) is 3.94. The molecule has 0 radical (unpaired) electrons. The normalized spacial score (nSPS) is 13.0. The molecular weight excluding hydrogens is 480 g/mol. The number of carbonyl (C=O) groups is 1. The molecule has 7 heteroatoms. The highest BCUT2D eigenvalue weighted by molar-refractivity contribution is 7.99. The van der Waals surface area contributed by atoms with Crippen LogP contribution in [0.5, 0.6) is 0 Å². The summed E-state index contributed by atoms with van der Waals surface area (Å²) in [5.74, 6) is -0.227. The first-order valence-electron chi connectivity index (χ1n) is 12.0. The molecule has 0 spiro atoms. The van der Waals surface area contributed by atoms with Gasteiger partial charge in [-0.2, -0.15) is 5.10 Å². The summed E-state index contributed by atoms with van der Waals surface area (Å²) in [6.45, 7) is 1.80. The van der Waals surface area contributed by atoms with Crippen molar-refractivity contribution < 1.29 is 9.90 Å². The lowest BCUT2D eigenvalue weighted by Gasteiger charge is -2.21. The zero-order chi connectivity index (χ0) is 25.6. The average Bonchev–Trinajstić information content (AvgIpc) is 3.35. The zero-order valence-corrected chi connectivity index (χ0v) is 21.0. The molecule has 3 N–H and O–H groups in total. The third kappa shape index (κ3) is 5.80. The number of H-pyrrole nitrogens is 1. The maximum Gasteiger partial charge on any atom is 0.252 e. The molecule has 37 heavy (non-hydrogen) atoms. The van der Waals surface area contributed by atoms with Crippen LogP contribution in [0.25, 0.3) is 23.1 Å². The SMILES string of the molecule is C[C@H](NC(=O)c1ccccc1Sc1ccc2c(/C=C/c3ccccn3)n[nH]c2c1)[C@H](O)c1ccccc1. The molecule has 1 amide bonds. The maximum atomic E-state index is 13.1. The van der Waals surface area contributed by atoms with Crippen LogP contribution in [0.3, 0.4) is 0 Å². The summed E-state index contributed by atoms with van der Waals surface area (Å²) < 4.78 is 0. The lowest BCUT2D eigenvalue weighted by molar-refractivity contribution is 0.0849. The molecule has 6 nitrogen and oxygen atoms in total. The van der Waals surface area contributed by atoms with Crippen molar-refractivity contribution in [3.63, 3.8) is 0 Å². The molecule has 5 rings (SSSR count). The maximum absolute atomic E-state index is 13.1. The minimum atomic E-state index is -0.798. The molecule has 0 aliphatic carbocycles. The lowest BCUT2D eigenvalue weighted by atomic mass is 10.0. The number of aliphatic hydroxyl groups is 1. The van der Waals surface area contributed by atoms with Gasteiger partial charge in [0.05, 0.1) is 34.6 Å². The van der Waals surface area contributed by atoms with E-state index in [0.717, 1.165) is 37.6 Å². The van der Waals surface area contributed by atoms with Gasteiger partial charge in [0.15, 0.2) is 0 Å². The predicted octanol–water partition coefficient (Wildman–Crippen LogP) is 6.13. The van der Waals surface area contributed by atoms with Gasteiger partial charge in [0, 0.05) is 21.4 Å². The molecule has 2 heterocycles. The second-order valence-electron chi connectivity index (χ2n) is 8.62. The fraction of sp³-hybridized carbons (Fsp3) is 0.100. The van der Waals surface area contributed by atoms with Crippen LogP contribution in [0.4, 0.5) is 0 Å². The van der Waals surface area contributed by atoms with Gasteiger partial charge in [-0.15, -0.1) is 0 Å². The third-order valence-corrected chi connectivity index (χ3v) is 7.06. The van der Waals surface area contributed by atoms with E-state index in [1.807, 2.05) is 97.1 Å². The Morgan fingerprint density at radius 1 is 0.973 bits per heavy atom. The van der Waals surface area contributed by atoms with Gasteiger partial charge in [0.1, 0.15) is 0 Å². The number of fused-ring (bicyclic) bond motifs is 1. The number of pyridine rings is 1. The minimum Gasteiger partial charge on any atom is -0.386 e. The second-order valence-corrected chi connectivity index (χ2v) is 9.74. The highest BCUT2D eigenvalue weighted by atomic mass is 32.2. The van der Waals surface area contributed by atoms with Crippen LogP contribution in [-0.4, -0.2) is 32.2 Å². The van der Waals surface area contributed by atoms with Crippen LogP contribution in [-0.2, 0) is 0 Å². The van der Waals surface area contributed by atoms with Crippen LogP contribution in [0, 0.1) is 0 Å². The third-order valence-electron chi connectivity index (χ3n) is 6.00. The molecule has 0 aliphatic rings. The fourth-order valence-electron chi connectivity index (χ4n) is 4.02. The topological polar surface area (TPSA) is 90.9 Å². The standard InChI is InChI=1S/C30H26N4O2S/c1-20(29(35)21-9-3-2-4-10-21)32-30(36)25-12-5-6-13-28(25)37-23-15-16-24-26(33-34-27(24)19-23)17-14-22-11-7-8-18-31-22/h2-20,29,35H,1H3,(H,32,36)(H,33,34)/b17-14+/t20-,29-/m0/s1. The van der Waals surface area contributed by atoms with E-state index < -0.39 is 12.1 Å². The van der Waals surface area contributed by atoms with Crippen molar-refractivity contribution >= 4 is 40.7 Å². The van der Waals surface area contributed by atoms with Crippen molar-refractivity contribution in [2.45, 2.75) is 28.9 Å². The Morgan fingerprint density at radius 3 is 2.57 bits per heavy atom. The summed E-state index contributed by atoms with van der Waals surface area (Å²) in [5, 5.41) is 22.2. The quantitative estimate of drug-likeness (QED) is 0.235. The average molecular weight is 507 g/mol. The van der Waals surface area contributed by atoms with Crippen LogP contribution in [0.15, 0.2) is 107 Å². The Morgan fingerprint density at radius 2 is 1.76 bits per heavy atom. The Labute approximate surface area is 219 Å². The van der Waals surface area contributed by atoms with Gasteiger partial charge in [0.25, 0.3) is 5.91 Å². The number of aromatic amines is 1. The molecule has 184 valence electrons. The van der Waals surface area contributed by atoms with E-state index in [4.69, 9.17) is 0 Å². The molecule has 0 saturated carbocycles. The summed E-state index contributed by atoms with van der Waals surface area (Å²) in [6.07, 6.45) is 4.84. The van der Waals surface area contributed by atoms with Crippen molar-refractivity contribution in [2.75, 3.05) is 0 Å². The van der Waals surface area contributed by atoms with Crippen molar-refractivity contribution in [1.29, 1.82) is 0 Å². The number of aromatic nitrogens is 3. The number of hydrogen-bond donors (Lipinski definition) is 3. The van der Waals surface area contributed by atoms with Crippen LogP contribution < -0.4 is 5.32 Å². The predicted molar refractivity (Wildman–Crippen MR) is 148 cm³/mol. The number of hydrogen-bond acceptors (Lipinski definition) is 5. The first kappa shape index (κ1) is 24.5. The minimum absolute atomic E-state index is 0.227. The van der Waals surface area contributed by atoms with E-state index in [2.05, 4.69) is 20.5 Å². The molecule has 0 saturated heterocycles. The van der Waals surface area contributed by atoms with Gasteiger partial charge in [-0.1, -0.05) is 60.3 Å².